The molecule has 2 rings (SSSR count). The predicted octanol–water partition coefficient (Wildman–Crippen LogP) is 4.57. The number of amides is 2. The number of hydrogen-bond donors (Lipinski definition) is 1. The van der Waals surface area contributed by atoms with Gasteiger partial charge in [0.25, 0.3) is 0 Å². The monoisotopic (exact) mass is 358 g/mol. The first-order valence-corrected chi connectivity index (χ1v) is 8.48. The summed E-state index contributed by atoms with van der Waals surface area (Å²) in [6.45, 7) is 9.05. The summed E-state index contributed by atoms with van der Waals surface area (Å²) in [5.74, 6) is -0.495. The fourth-order valence-corrected chi connectivity index (χ4v) is 3.22. The lowest BCUT2D eigenvalue weighted by Crippen LogP contribution is -2.37. The van der Waals surface area contributed by atoms with Gasteiger partial charge in [-0.25, -0.2) is 0 Å². The summed E-state index contributed by atoms with van der Waals surface area (Å²) in [6, 6.07) is 9.59. The van der Waals surface area contributed by atoms with Gasteiger partial charge in [-0.15, -0.1) is 0 Å². The molecule has 0 aliphatic rings. The number of nitrogens with zero attached hydrogens (tertiary/aromatic N) is 1. The van der Waals surface area contributed by atoms with E-state index in [1.54, 1.807) is 6.07 Å². The number of benzene rings is 2. The Bertz CT molecular complexity index is 807. The number of hydrogen-bond acceptors (Lipinski definition) is 2. The van der Waals surface area contributed by atoms with Gasteiger partial charge in [-0.3, -0.25) is 9.59 Å². The molecule has 0 aliphatic carbocycles. The van der Waals surface area contributed by atoms with Crippen LogP contribution in [-0.4, -0.2) is 18.4 Å². The second-order valence-corrected chi connectivity index (χ2v) is 6.79. The molecule has 0 spiro atoms. The topological polar surface area (TPSA) is 49.4 Å². The number of halogens is 1. The molecule has 4 nitrogen and oxygen atoms in total. The van der Waals surface area contributed by atoms with Crippen LogP contribution in [0, 0.1) is 27.7 Å². The highest BCUT2D eigenvalue weighted by atomic mass is 35.5. The lowest BCUT2D eigenvalue weighted by Gasteiger charge is -2.24. The molecule has 0 unspecified atom stereocenters. The molecular weight excluding hydrogens is 336 g/mol. The zero-order valence-corrected chi connectivity index (χ0v) is 16.0. The van der Waals surface area contributed by atoms with Crippen molar-refractivity contribution in [2.75, 3.05) is 16.8 Å². The average molecular weight is 359 g/mol. The standard InChI is InChI=1S/C20H23ClN2O2/c1-12-6-7-14(3)18(10-12)22-19(25)11-23(16(5)24)20-15(4)8-13(2)9-17(20)21/h6-10H,11H2,1-5H3,(H,22,25). The molecule has 2 amide bonds. The lowest BCUT2D eigenvalue weighted by molar-refractivity contribution is -0.120. The Morgan fingerprint density at radius 3 is 2.28 bits per heavy atom. The minimum absolute atomic E-state index is 0.0909. The van der Waals surface area contributed by atoms with Crippen LogP contribution in [0.2, 0.25) is 5.02 Å². The number of carbonyl (C=O) groups excluding carboxylic acids is 2. The van der Waals surface area contributed by atoms with Gasteiger partial charge in [0, 0.05) is 12.6 Å². The van der Waals surface area contributed by atoms with Crippen LogP contribution >= 0.6 is 11.6 Å². The molecule has 2 aromatic rings. The molecule has 0 bridgehead atoms. The third-order valence-corrected chi connectivity index (χ3v) is 4.31. The van der Waals surface area contributed by atoms with Crippen molar-refractivity contribution in [3.8, 4) is 0 Å². The maximum absolute atomic E-state index is 12.5. The molecule has 5 heteroatoms. The van der Waals surface area contributed by atoms with E-state index >= 15 is 0 Å². The van der Waals surface area contributed by atoms with E-state index < -0.39 is 0 Å². The van der Waals surface area contributed by atoms with E-state index in [2.05, 4.69) is 5.32 Å². The van der Waals surface area contributed by atoms with Crippen LogP contribution in [0.15, 0.2) is 30.3 Å². The van der Waals surface area contributed by atoms with Crippen molar-refractivity contribution in [1.82, 2.24) is 0 Å². The van der Waals surface area contributed by atoms with E-state index in [0.29, 0.717) is 10.7 Å². The van der Waals surface area contributed by atoms with Crippen molar-refractivity contribution in [2.45, 2.75) is 34.6 Å². The SMILES string of the molecule is CC(=O)N(CC(=O)Nc1cc(C)ccc1C)c1c(C)cc(C)cc1Cl. The minimum Gasteiger partial charge on any atom is -0.324 e. The second kappa shape index (κ2) is 7.70. The Morgan fingerprint density at radius 2 is 1.68 bits per heavy atom. The van der Waals surface area contributed by atoms with Crippen LogP contribution < -0.4 is 10.2 Å². The average Bonchev–Trinajstić information content (AvgIpc) is 2.48. The molecule has 0 saturated carbocycles. The Balaban J connectivity index is 2.27. The van der Waals surface area contributed by atoms with E-state index in [1.807, 2.05) is 52.0 Å². The maximum Gasteiger partial charge on any atom is 0.244 e. The van der Waals surface area contributed by atoms with Crippen molar-refractivity contribution in [1.29, 1.82) is 0 Å². The lowest BCUT2D eigenvalue weighted by atomic mass is 10.1. The fraction of sp³-hybridized carbons (Fsp3) is 0.300. The largest absolute Gasteiger partial charge is 0.324 e. The molecule has 25 heavy (non-hydrogen) atoms. The third-order valence-electron chi connectivity index (χ3n) is 4.02. The van der Waals surface area contributed by atoms with Gasteiger partial charge in [-0.05, 0) is 62.1 Å². The number of carbonyl (C=O) groups is 2. The minimum atomic E-state index is -0.264. The second-order valence-electron chi connectivity index (χ2n) is 6.38. The van der Waals surface area contributed by atoms with Gasteiger partial charge >= 0.3 is 0 Å². The molecule has 0 fully saturated rings. The molecule has 132 valence electrons. The van der Waals surface area contributed by atoms with Gasteiger partial charge in [0.2, 0.25) is 11.8 Å². The Labute approximate surface area is 153 Å². The summed E-state index contributed by atoms with van der Waals surface area (Å²) in [4.78, 5) is 26.0. The van der Waals surface area contributed by atoms with Crippen molar-refractivity contribution in [3.05, 3.63) is 57.6 Å². The first kappa shape index (κ1) is 19.0. The summed E-state index contributed by atoms with van der Waals surface area (Å²) in [5, 5.41) is 3.35. The van der Waals surface area contributed by atoms with Gasteiger partial charge < -0.3 is 10.2 Å². The van der Waals surface area contributed by atoms with Crippen LogP contribution in [0.25, 0.3) is 0 Å². The molecular formula is C20H23ClN2O2. The molecule has 0 atom stereocenters. The predicted molar refractivity (Wildman–Crippen MR) is 103 cm³/mol. The van der Waals surface area contributed by atoms with Crippen LogP contribution in [-0.2, 0) is 9.59 Å². The zero-order valence-electron chi connectivity index (χ0n) is 15.2. The number of rotatable bonds is 4. The van der Waals surface area contributed by atoms with Crippen molar-refractivity contribution in [3.63, 3.8) is 0 Å². The Kier molecular flexibility index (Phi) is 5.85. The molecule has 0 radical (unpaired) electrons. The quantitative estimate of drug-likeness (QED) is 0.870. The molecule has 0 saturated heterocycles. The summed E-state index contributed by atoms with van der Waals surface area (Å²) < 4.78 is 0. The van der Waals surface area contributed by atoms with Crippen molar-refractivity contribution in [2.24, 2.45) is 0 Å². The zero-order chi connectivity index (χ0) is 18.7. The highest BCUT2D eigenvalue weighted by molar-refractivity contribution is 6.34. The van der Waals surface area contributed by atoms with Crippen LogP contribution in [0.1, 0.15) is 29.2 Å². The number of aryl methyl sites for hydroxylation is 4. The summed E-state index contributed by atoms with van der Waals surface area (Å²) in [7, 11) is 0. The van der Waals surface area contributed by atoms with E-state index in [9.17, 15) is 9.59 Å². The van der Waals surface area contributed by atoms with Crippen molar-refractivity contribution >= 4 is 34.8 Å². The van der Waals surface area contributed by atoms with Crippen molar-refractivity contribution < 1.29 is 9.59 Å². The molecule has 0 aromatic heterocycles. The first-order chi connectivity index (χ1) is 11.7. The number of nitrogens with one attached hydrogen (secondary N) is 1. The van der Waals surface area contributed by atoms with Gasteiger partial charge in [0.05, 0.1) is 10.7 Å². The number of anilines is 2. The Morgan fingerprint density at radius 1 is 1.00 bits per heavy atom. The van der Waals surface area contributed by atoms with Crippen LogP contribution in [0.3, 0.4) is 0 Å². The molecule has 0 aliphatic heterocycles. The van der Waals surface area contributed by atoms with E-state index in [-0.39, 0.29) is 18.4 Å². The van der Waals surface area contributed by atoms with E-state index in [1.165, 1.54) is 11.8 Å². The summed E-state index contributed by atoms with van der Waals surface area (Å²) >= 11 is 6.34. The normalized spacial score (nSPS) is 10.5. The summed E-state index contributed by atoms with van der Waals surface area (Å²) in [6.07, 6.45) is 0. The molecule has 1 N–H and O–H groups in total. The molecule has 2 aromatic carbocycles. The van der Waals surface area contributed by atoms with E-state index in [4.69, 9.17) is 11.6 Å². The Hall–Kier alpha value is -2.33. The van der Waals surface area contributed by atoms with Gasteiger partial charge in [0.1, 0.15) is 6.54 Å². The highest BCUT2D eigenvalue weighted by Gasteiger charge is 2.21. The maximum atomic E-state index is 12.5. The van der Waals surface area contributed by atoms with Gasteiger partial charge in [-0.1, -0.05) is 29.8 Å². The smallest absolute Gasteiger partial charge is 0.244 e. The van der Waals surface area contributed by atoms with E-state index in [0.717, 1.165) is 27.9 Å². The van der Waals surface area contributed by atoms with Gasteiger partial charge in [0.15, 0.2) is 0 Å². The molecule has 0 heterocycles. The van der Waals surface area contributed by atoms with Crippen LogP contribution in [0.4, 0.5) is 11.4 Å². The first-order valence-electron chi connectivity index (χ1n) is 8.11. The van der Waals surface area contributed by atoms with Gasteiger partial charge in [-0.2, -0.15) is 0 Å². The third kappa shape index (κ3) is 4.60. The fourth-order valence-electron chi connectivity index (χ4n) is 2.80. The van der Waals surface area contributed by atoms with Crippen LogP contribution in [0.5, 0.6) is 0 Å². The summed E-state index contributed by atoms with van der Waals surface area (Å²) in [5.41, 5.74) is 5.23. The highest BCUT2D eigenvalue weighted by Crippen LogP contribution is 2.31.